The van der Waals surface area contributed by atoms with E-state index in [1.165, 1.54) is 0 Å². The Kier molecular flexibility index (Phi) is 4.55. The van der Waals surface area contributed by atoms with Crippen LogP contribution >= 0.6 is 11.6 Å². The summed E-state index contributed by atoms with van der Waals surface area (Å²) in [4.78, 5) is 6.54. The van der Waals surface area contributed by atoms with E-state index < -0.39 is 6.10 Å². The fourth-order valence-electron chi connectivity index (χ4n) is 4.55. The van der Waals surface area contributed by atoms with Gasteiger partial charge in [-0.15, -0.1) is 6.58 Å². The minimum atomic E-state index is -0.848. The zero-order valence-corrected chi connectivity index (χ0v) is 15.5. The summed E-state index contributed by atoms with van der Waals surface area (Å²) in [6, 6.07) is 5.32. The molecular formula is C20H23ClN2O3. The van der Waals surface area contributed by atoms with Gasteiger partial charge in [0, 0.05) is 23.5 Å². The summed E-state index contributed by atoms with van der Waals surface area (Å²) in [6.07, 6.45) is 3.18. The summed E-state index contributed by atoms with van der Waals surface area (Å²) < 4.78 is 5.31. The van der Waals surface area contributed by atoms with Gasteiger partial charge < -0.3 is 14.9 Å². The predicted octanol–water partition coefficient (Wildman–Crippen LogP) is 3.53. The highest BCUT2D eigenvalue weighted by atomic mass is 35.5. The van der Waals surface area contributed by atoms with Crippen LogP contribution in [0.3, 0.4) is 0 Å². The second kappa shape index (κ2) is 6.72. The number of aliphatic hydroxyl groups excluding tert-OH is 1. The number of rotatable bonds is 4. The van der Waals surface area contributed by atoms with Gasteiger partial charge in [-0.3, -0.25) is 4.90 Å². The molecule has 5 rings (SSSR count). The smallest absolute Gasteiger partial charge is 0.171 e. The topological polar surface area (TPSA) is 65.8 Å². The molecule has 0 radical (unpaired) electrons. The maximum atomic E-state index is 11.2. The largest absolute Gasteiger partial charge is 0.504 e. The Morgan fingerprint density at radius 3 is 2.92 bits per heavy atom. The first kappa shape index (κ1) is 17.6. The molecule has 4 heterocycles. The molecule has 0 spiro atoms. The SMILES string of the molecule is C=C[C@H]1CN2CC[C@H]1C[C@H]2[C@H](O)c1c(O)c(Cl)nc2ccc(OC)cc12. The van der Waals surface area contributed by atoms with Crippen molar-refractivity contribution in [3.05, 3.63) is 41.6 Å². The van der Waals surface area contributed by atoms with Crippen LogP contribution < -0.4 is 4.74 Å². The van der Waals surface area contributed by atoms with Crippen LogP contribution in [-0.2, 0) is 0 Å². The minimum absolute atomic E-state index is 0.0108. The zero-order valence-electron chi connectivity index (χ0n) is 14.7. The van der Waals surface area contributed by atoms with Gasteiger partial charge in [-0.2, -0.15) is 0 Å². The number of hydrogen-bond acceptors (Lipinski definition) is 5. The number of halogens is 1. The first-order valence-corrected chi connectivity index (χ1v) is 9.32. The summed E-state index contributed by atoms with van der Waals surface area (Å²) in [5.74, 6) is 1.49. The van der Waals surface area contributed by atoms with E-state index in [-0.39, 0.29) is 16.9 Å². The molecule has 0 saturated carbocycles. The molecule has 3 saturated heterocycles. The number of nitrogens with zero attached hydrogens (tertiary/aromatic N) is 2. The molecule has 5 nitrogen and oxygen atoms in total. The quantitative estimate of drug-likeness (QED) is 0.633. The van der Waals surface area contributed by atoms with E-state index in [1.54, 1.807) is 25.3 Å². The lowest BCUT2D eigenvalue weighted by Crippen LogP contribution is -2.54. The Morgan fingerprint density at radius 1 is 1.46 bits per heavy atom. The third-order valence-corrected chi connectivity index (χ3v) is 6.24. The Bertz CT molecular complexity index is 857. The maximum absolute atomic E-state index is 11.2. The first-order valence-electron chi connectivity index (χ1n) is 8.94. The van der Waals surface area contributed by atoms with Gasteiger partial charge in [0.15, 0.2) is 10.9 Å². The van der Waals surface area contributed by atoms with E-state index in [2.05, 4.69) is 16.5 Å². The molecule has 2 aromatic rings. The molecule has 2 N–H and O–H groups in total. The summed E-state index contributed by atoms with van der Waals surface area (Å²) >= 11 is 6.14. The molecule has 1 aromatic heterocycles. The van der Waals surface area contributed by atoms with Crippen LogP contribution in [0.4, 0.5) is 0 Å². The predicted molar refractivity (Wildman–Crippen MR) is 102 cm³/mol. The summed E-state index contributed by atoms with van der Waals surface area (Å²) in [5, 5.41) is 22.5. The molecule has 1 unspecified atom stereocenters. The number of methoxy groups -OCH3 is 1. The molecule has 138 valence electrons. The molecule has 3 fully saturated rings. The van der Waals surface area contributed by atoms with Crippen LogP contribution in [0.2, 0.25) is 5.15 Å². The Balaban J connectivity index is 1.78. The first-order chi connectivity index (χ1) is 12.5. The van der Waals surface area contributed by atoms with E-state index in [4.69, 9.17) is 16.3 Å². The summed E-state index contributed by atoms with van der Waals surface area (Å²) in [5.41, 5.74) is 1.06. The lowest BCUT2D eigenvalue weighted by atomic mass is 9.73. The molecule has 3 aliphatic rings. The number of fused-ring (bicyclic) bond motifs is 4. The third kappa shape index (κ3) is 2.75. The van der Waals surface area contributed by atoms with E-state index in [0.717, 1.165) is 25.9 Å². The number of aliphatic hydroxyl groups is 1. The van der Waals surface area contributed by atoms with Gasteiger partial charge in [0.2, 0.25) is 0 Å². The van der Waals surface area contributed by atoms with Gasteiger partial charge in [-0.1, -0.05) is 17.7 Å². The molecule has 0 amide bonds. The van der Waals surface area contributed by atoms with Crippen LogP contribution in [0.5, 0.6) is 11.5 Å². The van der Waals surface area contributed by atoms with Crippen molar-refractivity contribution < 1.29 is 14.9 Å². The van der Waals surface area contributed by atoms with Gasteiger partial charge in [0.05, 0.1) is 18.7 Å². The van der Waals surface area contributed by atoms with E-state index in [1.807, 2.05) is 6.08 Å². The highest BCUT2D eigenvalue weighted by molar-refractivity contribution is 6.31. The molecule has 0 aliphatic carbocycles. The number of aromatic nitrogens is 1. The Hall–Kier alpha value is -1.82. The number of benzene rings is 1. The van der Waals surface area contributed by atoms with Crippen molar-refractivity contribution in [1.29, 1.82) is 0 Å². The second-order valence-electron chi connectivity index (χ2n) is 7.24. The van der Waals surface area contributed by atoms with Gasteiger partial charge in [0.25, 0.3) is 0 Å². The van der Waals surface area contributed by atoms with Gasteiger partial charge >= 0.3 is 0 Å². The van der Waals surface area contributed by atoms with Gasteiger partial charge in [-0.25, -0.2) is 4.98 Å². The van der Waals surface area contributed by atoms with Crippen molar-refractivity contribution in [3.63, 3.8) is 0 Å². The number of ether oxygens (including phenoxy) is 1. The highest BCUT2D eigenvalue weighted by Gasteiger charge is 2.43. The van der Waals surface area contributed by atoms with Gasteiger partial charge in [-0.05, 0) is 49.4 Å². The fraction of sp³-hybridized carbons (Fsp3) is 0.450. The van der Waals surface area contributed by atoms with Crippen LogP contribution in [0, 0.1) is 11.8 Å². The van der Waals surface area contributed by atoms with E-state index in [9.17, 15) is 10.2 Å². The van der Waals surface area contributed by atoms with Crippen LogP contribution in [0.15, 0.2) is 30.9 Å². The average Bonchev–Trinajstić information content (AvgIpc) is 2.68. The van der Waals surface area contributed by atoms with Crippen molar-refractivity contribution in [2.24, 2.45) is 11.8 Å². The zero-order chi connectivity index (χ0) is 18.4. The molecule has 26 heavy (non-hydrogen) atoms. The van der Waals surface area contributed by atoms with Crippen molar-refractivity contribution in [1.82, 2.24) is 9.88 Å². The highest BCUT2D eigenvalue weighted by Crippen LogP contribution is 2.45. The van der Waals surface area contributed by atoms with Gasteiger partial charge in [0.1, 0.15) is 5.75 Å². The third-order valence-electron chi connectivity index (χ3n) is 5.98. The average molecular weight is 375 g/mol. The Morgan fingerprint density at radius 2 is 2.27 bits per heavy atom. The van der Waals surface area contributed by atoms with Crippen molar-refractivity contribution in [3.8, 4) is 11.5 Å². The normalized spacial score (nSPS) is 28.9. The monoisotopic (exact) mass is 374 g/mol. The molecule has 1 aromatic carbocycles. The number of piperidine rings is 3. The van der Waals surface area contributed by atoms with Crippen molar-refractivity contribution >= 4 is 22.5 Å². The number of pyridine rings is 1. The standard InChI is InChI=1S/C20H23ClN2O3/c1-3-11-10-23-7-6-12(11)8-16(23)18(24)17-14-9-13(26-2)4-5-15(14)22-20(21)19(17)25/h3-5,9,11-12,16,18,24-25H,1,6-8,10H2,2H3/t11-,12-,16-,18-/m0/s1. The van der Waals surface area contributed by atoms with Crippen LogP contribution in [-0.4, -0.2) is 46.3 Å². The van der Waals surface area contributed by atoms with Crippen LogP contribution in [0.25, 0.3) is 10.9 Å². The maximum Gasteiger partial charge on any atom is 0.171 e. The molecule has 5 atom stereocenters. The lowest BCUT2D eigenvalue weighted by molar-refractivity contribution is -0.0450. The van der Waals surface area contributed by atoms with Crippen molar-refractivity contribution in [2.45, 2.75) is 25.0 Å². The molecule has 2 bridgehead atoms. The summed E-state index contributed by atoms with van der Waals surface area (Å²) in [6.45, 7) is 5.80. The minimum Gasteiger partial charge on any atom is -0.504 e. The molecular weight excluding hydrogens is 352 g/mol. The van der Waals surface area contributed by atoms with Crippen LogP contribution in [0.1, 0.15) is 24.5 Å². The lowest BCUT2D eigenvalue weighted by Gasteiger charge is -2.50. The number of hydrogen-bond donors (Lipinski definition) is 2. The fourth-order valence-corrected chi connectivity index (χ4v) is 4.74. The number of aromatic hydroxyl groups is 1. The molecule has 3 aliphatic heterocycles. The van der Waals surface area contributed by atoms with E-state index in [0.29, 0.717) is 34.1 Å². The molecule has 6 heteroatoms. The Labute approximate surface area is 157 Å². The second-order valence-corrected chi connectivity index (χ2v) is 7.60. The van der Waals surface area contributed by atoms with E-state index >= 15 is 0 Å². The van der Waals surface area contributed by atoms with Crippen molar-refractivity contribution in [2.75, 3.05) is 20.2 Å². The summed E-state index contributed by atoms with van der Waals surface area (Å²) in [7, 11) is 1.59.